The predicted molar refractivity (Wildman–Crippen MR) is 70.1 cm³/mol. The predicted octanol–water partition coefficient (Wildman–Crippen LogP) is 1.97. The second kappa shape index (κ2) is 5.05. The van der Waals surface area contributed by atoms with Crippen molar-refractivity contribution in [3.8, 4) is 11.8 Å². The zero-order valence-corrected chi connectivity index (χ0v) is 10.7. The van der Waals surface area contributed by atoms with Gasteiger partial charge < -0.3 is 15.4 Å². The molecule has 0 aliphatic carbocycles. The van der Waals surface area contributed by atoms with Crippen LogP contribution in [-0.4, -0.2) is 29.0 Å². The summed E-state index contributed by atoms with van der Waals surface area (Å²) in [4.78, 5) is 13.7. The van der Waals surface area contributed by atoms with E-state index in [2.05, 4.69) is 15.0 Å². The van der Waals surface area contributed by atoms with Crippen LogP contribution in [0.3, 0.4) is 0 Å². The maximum atomic E-state index is 5.98. The highest BCUT2D eigenvalue weighted by Crippen LogP contribution is 2.27. The Morgan fingerprint density at radius 2 is 1.89 bits per heavy atom. The Labute approximate surface area is 109 Å². The van der Waals surface area contributed by atoms with Gasteiger partial charge in [0.1, 0.15) is 5.75 Å². The summed E-state index contributed by atoms with van der Waals surface area (Å²) in [6.45, 7) is 0. The zero-order valence-electron chi connectivity index (χ0n) is 9.96. The third-order valence-corrected chi connectivity index (χ3v) is 2.37. The number of hydrogen-bond donors (Lipinski definition) is 1. The van der Waals surface area contributed by atoms with Gasteiger partial charge >= 0.3 is 6.01 Å². The minimum atomic E-state index is 0.0933. The molecule has 0 saturated heterocycles. The monoisotopic (exact) mass is 265 g/mol. The first-order chi connectivity index (χ1) is 8.56. The third-order valence-electron chi connectivity index (χ3n) is 2.06. The molecule has 0 amide bonds. The minimum absolute atomic E-state index is 0.0933. The summed E-state index contributed by atoms with van der Waals surface area (Å²) >= 11 is 5.98. The van der Waals surface area contributed by atoms with Gasteiger partial charge in [0, 0.05) is 14.1 Å². The highest BCUT2D eigenvalue weighted by Gasteiger charge is 2.09. The summed E-state index contributed by atoms with van der Waals surface area (Å²) in [6, 6.07) is 7.16. The molecule has 0 bridgehead atoms. The number of anilines is 2. The van der Waals surface area contributed by atoms with E-state index >= 15 is 0 Å². The summed E-state index contributed by atoms with van der Waals surface area (Å²) in [5, 5.41) is 0.475. The van der Waals surface area contributed by atoms with Crippen molar-refractivity contribution >= 4 is 23.5 Å². The maximum Gasteiger partial charge on any atom is 0.328 e. The average Bonchev–Trinajstić information content (AvgIpc) is 2.31. The van der Waals surface area contributed by atoms with E-state index in [0.717, 1.165) is 0 Å². The Hall–Kier alpha value is -2.08. The van der Waals surface area contributed by atoms with E-state index in [1.54, 1.807) is 37.2 Å². The van der Waals surface area contributed by atoms with Gasteiger partial charge in [0.25, 0.3) is 0 Å². The first-order valence-corrected chi connectivity index (χ1v) is 5.55. The van der Waals surface area contributed by atoms with Crippen molar-refractivity contribution in [2.75, 3.05) is 24.7 Å². The molecule has 1 aromatic heterocycles. The van der Waals surface area contributed by atoms with Crippen molar-refractivity contribution < 1.29 is 4.74 Å². The number of nitrogens with two attached hydrogens (primary N) is 1. The second-order valence-corrected chi connectivity index (χ2v) is 4.11. The molecule has 94 valence electrons. The van der Waals surface area contributed by atoms with Crippen LogP contribution in [0.15, 0.2) is 24.3 Å². The molecule has 0 unspecified atom stereocenters. The van der Waals surface area contributed by atoms with E-state index in [4.69, 9.17) is 22.1 Å². The fourth-order valence-corrected chi connectivity index (χ4v) is 1.41. The van der Waals surface area contributed by atoms with Gasteiger partial charge in [0.15, 0.2) is 0 Å². The molecule has 1 aromatic carbocycles. The molecule has 0 aliphatic rings. The van der Waals surface area contributed by atoms with Gasteiger partial charge in [-0.2, -0.15) is 15.0 Å². The minimum Gasteiger partial charge on any atom is -0.423 e. The SMILES string of the molecule is CN(C)c1nc(N)nc(Oc2ccccc2Cl)n1. The number of para-hydroxylation sites is 1. The molecule has 0 fully saturated rings. The number of ether oxygens (including phenoxy) is 1. The van der Waals surface area contributed by atoms with Crippen molar-refractivity contribution in [2.45, 2.75) is 0 Å². The van der Waals surface area contributed by atoms with Crippen molar-refractivity contribution in [1.29, 1.82) is 0 Å². The fraction of sp³-hybridized carbons (Fsp3) is 0.182. The van der Waals surface area contributed by atoms with E-state index in [0.29, 0.717) is 16.7 Å². The first kappa shape index (κ1) is 12.4. The average molecular weight is 266 g/mol. The van der Waals surface area contributed by atoms with E-state index in [1.165, 1.54) is 0 Å². The lowest BCUT2D eigenvalue weighted by Gasteiger charge is -2.11. The van der Waals surface area contributed by atoms with Crippen LogP contribution in [0.5, 0.6) is 11.8 Å². The quantitative estimate of drug-likeness (QED) is 0.914. The largest absolute Gasteiger partial charge is 0.423 e. The molecule has 2 N–H and O–H groups in total. The van der Waals surface area contributed by atoms with Gasteiger partial charge in [0.2, 0.25) is 11.9 Å². The lowest BCUT2D eigenvalue weighted by molar-refractivity contribution is 0.441. The molecule has 0 saturated carbocycles. The van der Waals surface area contributed by atoms with Crippen LogP contribution in [0.25, 0.3) is 0 Å². The molecule has 2 aromatic rings. The van der Waals surface area contributed by atoms with Crippen molar-refractivity contribution in [1.82, 2.24) is 15.0 Å². The summed E-state index contributed by atoms with van der Waals surface area (Å²) in [6.07, 6.45) is 0. The smallest absolute Gasteiger partial charge is 0.328 e. The van der Waals surface area contributed by atoms with Gasteiger partial charge in [-0.3, -0.25) is 0 Å². The van der Waals surface area contributed by atoms with Crippen LogP contribution < -0.4 is 15.4 Å². The van der Waals surface area contributed by atoms with Crippen molar-refractivity contribution in [3.05, 3.63) is 29.3 Å². The van der Waals surface area contributed by atoms with Gasteiger partial charge in [-0.05, 0) is 12.1 Å². The van der Waals surface area contributed by atoms with E-state index in [9.17, 15) is 0 Å². The number of aromatic nitrogens is 3. The Morgan fingerprint density at radius 1 is 1.17 bits per heavy atom. The Balaban J connectivity index is 2.32. The summed E-state index contributed by atoms with van der Waals surface area (Å²) < 4.78 is 5.48. The third kappa shape index (κ3) is 2.78. The molecule has 0 atom stereocenters. The second-order valence-electron chi connectivity index (χ2n) is 3.70. The number of nitrogens with zero attached hydrogens (tertiary/aromatic N) is 4. The summed E-state index contributed by atoms with van der Waals surface area (Å²) in [5.41, 5.74) is 5.59. The van der Waals surface area contributed by atoms with Crippen LogP contribution in [0.2, 0.25) is 5.02 Å². The molecular weight excluding hydrogens is 254 g/mol. The van der Waals surface area contributed by atoms with Crippen molar-refractivity contribution in [3.63, 3.8) is 0 Å². The molecule has 2 rings (SSSR count). The van der Waals surface area contributed by atoms with Gasteiger partial charge in [0.05, 0.1) is 5.02 Å². The molecule has 7 heteroatoms. The molecule has 6 nitrogen and oxygen atoms in total. The van der Waals surface area contributed by atoms with Crippen LogP contribution in [-0.2, 0) is 0 Å². The van der Waals surface area contributed by atoms with Gasteiger partial charge in [-0.15, -0.1) is 0 Å². The number of hydrogen-bond acceptors (Lipinski definition) is 6. The number of benzene rings is 1. The first-order valence-electron chi connectivity index (χ1n) is 5.17. The number of halogens is 1. The topological polar surface area (TPSA) is 77.2 Å². The maximum absolute atomic E-state index is 5.98. The Kier molecular flexibility index (Phi) is 3.47. The van der Waals surface area contributed by atoms with Crippen molar-refractivity contribution in [2.24, 2.45) is 0 Å². The van der Waals surface area contributed by atoms with Crippen LogP contribution in [0.1, 0.15) is 0 Å². The van der Waals surface area contributed by atoms with Gasteiger partial charge in [-0.25, -0.2) is 0 Å². The molecule has 1 heterocycles. The molecule has 0 radical (unpaired) electrons. The highest BCUT2D eigenvalue weighted by molar-refractivity contribution is 6.32. The number of rotatable bonds is 3. The standard InChI is InChI=1S/C11H12ClN5O/c1-17(2)10-14-9(13)15-11(16-10)18-8-6-4-3-5-7(8)12/h3-6H,1-2H3,(H2,13,14,15,16). The highest BCUT2D eigenvalue weighted by atomic mass is 35.5. The molecular formula is C11H12ClN5O. The molecule has 0 aliphatic heterocycles. The Morgan fingerprint density at radius 3 is 2.56 bits per heavy atom. The molecule has 18 heavy (non-hydrogen) atoms. The zero-order chi connectivity index (χ0) is 13.1. The van der Waals surface area contributed by atoms with E-state index in [1.807, 2.05) is 6.07 Å². The lowest BCUT2D eigenvalue weighted by atomic mass is 10.3. The van der Waals surface area contributed by atoms with Crippen LogP contribution in [0.4, 0.5) is 11.9 Å². The molecule has 0 spiro atoms. The van der Waals surface area contributed by atoms with E-state index < -0.39 is 0 Å². The fourth-order valence-electron chi connectivity index (χ4n) is 1.23. The normalized spacial score (nSPS) is 10.2. The summed E-state index contributed by atoms with van der Waals surface area (Å²) in [5.74, 6) is 0.981. The van der Waals surface area contributed by atoms with Gasteiger partial charge in [-0.1, -0.05) is 23.7 Å². The van der Waals surface area contributed by atoms with Crippen LogP contribution >= 0.6 is 11.6 Å². The summed E-state index contributed by atoms with van der Waals surface area (Å²) in [7, 11) is 3.60. The Bertz CT molecular complexity index is 561. The lowest BCUT2D eigenvalue weighted by Crippen LogP contribution is -2.15. The van der Waals surface area contributed by atoms with E-state index in [-0.39, 0.29) is 12.0 Å². The number of nitrogen functional groups attached to an aromatic ring is 1. The van der Waals surface area contributed by atoms with Crippen LogP contribution in [0, 0.1) is 0 Å².